The van der Waals surface area contributed by atoms with E-state index in [9.17, 15) is 5.11 Å². The van der Waals surface area contributed by atoms with Gasteiger partial charge in [-0.15, -0.1) is 0 Å². The van der Waals surface area contributed by atoms with Crippen molar-refractivity contribution < 1.29 is 5.11 Å². The summed E-state index contributed by atoms with van der Waals surface area (Å²) in [6, 6.07) is 6.86. The molecule has 0 aliphatic heterocycles. The van der Waals surface area contributed by atoms with Crippen molar-refractivity contribution in [2.24, 2.45) is 0 Å². The van der Waals surface area contributed by atoms with Crippen molar-refractivity contribution in [1.29, 1.82) is 0 Å². The van der Waals surface area contributed by atoms with Crippen molar-refractivity contribution in [3.63, 3.8) is 0 Å². The highest BCUT2D eigenvalue weighted by Crippen LogP contribution is 2.28. The van der Waals surface area contributed by atoms with Crippen LogP contribution in [0.15, 0.2) is 22.7 Å². The first-order valence-corrected chi connectivity index (χ1v) is 8.81. The van der Waals surface area contributed by atoms with Crippen molar-refractivity contribution in [3.8, 4) is 0 Å². The van der Waals surface area contributed by atoms with E-state index in [-0.39, 0.29) is 6.61 Å². The number of nitrogens with zero attached hydrogens (tertiary/aromatic N) is 1. The molecule has 0 spiro atoms. The van der Waals surface area contributed by atoms with Crippen LogP contribution in [0.25, 0.3) is 0 Å². The summed E-state index contributed by atoms with van der Waals surface area (Å²) >= 11 is 3.70. The van der Waals surface area contributed by atoms with Crippen LogP contribution in [0.2, 0.25) is 0 Å². The minimum Gasteiger partial charge on any atom is -0.395 e. The summed E-state index contributed by atoms with van der Waals surface area (Å²) in [5.74, 6) is 0. The Labute approximate surface area is 137 Å². The predicted octanol–water partition coefficient (Wildman–Crippen LogP) is 4.11. The van der Waals surface area contributed by atoms with Crippen LogP contribution in [0.1, 0.15) is 51.6 Å². The first-order chi connectivity index (χ1) is 10.1. The second-order valence-electron chi connectivity index (χ2n) is 5.45. The summed E-state index contributed by atoms with van der Waals surface area (Å²) in [6.45, 7) is 9.47. The molecule has 3 nitrogen and oxygen atoms in total. The fraction of sp³-hybridized carbons (Fsp3) is 0.647. The number of aliphatic hydroxyl groups is 1. The van der Waals surface area contributed by atoms with Gasteiger partial charge < -0.3 is 15.3 Å². The Balaban J connectivity index is 2.83. The maximum absolute atomic E-state index is 9.24. The van der Waals surface area contributed by atoms with Crippen LogP contribution in [0, 0.1) is 0 Å². The van der Waals surface area contributed by atoms with Gasteiger partial charge in [-0.3, -0.25) is 0 Å². The summed E-state index contributed by atoms with van der Waals surface area (Å²) in [7, 11) is 0. The molecule has 1 aromatic carbocycles. The van der Waals surface area contributed by atoms with Crippen molar-refractivity contribution in [1.82, 2.24) is 5.32 Å². The second kappa shape index (κ2) is 10.2. The maximum atomic E-state index is 9.24. The molecule has 4 heteroatoms. The molecule has 0 radical (unpaired) electrons. The van der Waals surface area contributed by atoms with Crippen LogP contribution in [0.5, 0.6) is 0 Å². The quantitative estimate of drug-likeness (QED) is 0.662. The third-order valence-electron chi connectivity index (χ3n) is 3.67. The standard InChI is InChI=1S/C17H29BrN2O/c1-4-6-10-20(11-12-21)15-7-8-16(17(18)13-15)14(3)19-9-5-2/h7-8,13-14,19,21H,4-6,9-12H2,1-3H3. The third-order valence-corrected chi connectivity index (χ3v) is 4.35. The molecule has 21 heavy (non-hydrogen) atoms. The van der Waals surface area contributed by atoms with Gasteiger partial charge in [-0.05, 0) is 44.0 Å². The van der Waals surface area contributed by atoms with Gasteiger partial charge in [-0.2, -0.15) is 0 Å². The van der Waals surface area contributed by atoms with E-state index in [1.807, 2.05) is 0 Å². The zero-order chi connectivity index (χ0) is 15.7. The fourth-order valence-corrected chi connectivity index (χ4v) is 3.08. The van der Waals surface area contributed by atoms with Crippen molar-refractivity contribution in [3.05, 3.63) is 28.2 Å². The summed E-state index contributed by atoms with van der Waals surface area (Å²) in [4.78, 5) is 2.25. The topological polar surface area (TPSA) is 35.5 Å². The summed E-state index contributed by atoms with van der Waals surface area (Å²) in [6.07, 6.45) is 3.45. The number of nitrogens with one attached hydrogen (secondary N) is 1. The van der Waals surface area contributed by atoms with E-state index < -0.39 is 0 Å². The lowest BCUT2D eigenvalue weighted by atomic mass is 10.1. The molecule has 0 aliphatic carbocycles. The van der Waals surface area contributed by atoms with Gasteiger partial charge in [0.05, 0.1) is 6.61 Å². The van der Waals surface area contributed by atoms with E-state index in [2.05, 4.69) is 65.1 Å². The first kappa shape index (κ1) is 18.5. The van der Waals surface area contributed by atoms with Crippen molar-refractivity contribution in [2.75, 3.05) is 31.1 Å². The van der Waals surface area contributed by atoms with Crippen LogP contribution in [0.4, 0.5) is 5.69 Å². The van der Waals surface area contributed by atoms with Crippen LogP contribution < -0.4 is 10.2 Å². The molecule has 1 atom stereocenters. The highest BCUT2D eigenvalue weighted by molar-refractivity contribution is 9.10. The fourth-order valence-electron chi connectivity index (χ4n) is 2.37. The molecule has 0 fully saturated rings. The number of rotatable bonds is 10. The minimum absolute atomic E-state index is 0.192. The number of unbranched alkanes of at least 4 members (excludes halogenated alkanes) is 1. The first-order valence-electron chi connectivity index (χ1n) is 8.02. The smallest absolute Gasteiger partial charge is 0.0606 e. The van der Waals surface area contributed by atoms with Gasteiger partial charge in [-0.1, -0.05) is 42.3 Å². The molecular weight excluding hydrogens is 328 g/mol. The van der Waals surface area contributed by atoms with E-state index >= 15 is 0 Å². The van der Waals surface area contributed by atoms with Crippen LogP contribution in [0.3, 0.4) is 0 Å². The molecule has 0 saturated carbocycles. The van der Waals surface area contributed by atoms with Gasteiger partial charge in [0.1, 0.15) is 0 Å². The lowest BCUT2D eigenvalue weighted by molar-refractivity contribution is 0.301. The third kappa shape index (κ3) is 5.97. The SMILES string of the molecule is CCCCN(CCO)c1ccc(C(C)NCCC)c(Br)c1. The molecule has 0 aromatic heterocycles. The largest absolute Gasteiger partial charge is 0.395 e. The molecule has 0 aliphatic rings. The van der Waals surface area contributed by atoms with Gasteiger partial charge in [0.2, 0.25) is 0 Å². The van der Waals surface area contributed by atoms with Crippen molar-refractivity contribution >= 4 is 21.6 Å². The van der Waals surface area contributed by atoms with Crippen LogP contribution in [-0.4, -0.2) is 31.3 Å². The van der Waals surface area contributed by atoms with E-state index in [0.717, 1.165) is 30.4 Å². The highest BCUT2D eigenvalue weighted by Gasteiger charge is 2.12. The number of hydrogen-bond acceptors (Lipinski definition) is 3. The monoisotopic (exact) mass is 356 g/mol. The Bertz CT molecular complexity index is 412. The Morgan fingerprint density at radius 1 is 1.24 bits per heavy atom. The molecule has 1 aromatic rings. The molecule has 0 bridgehead atoms. The molecule has 120 valence electrons. The van der Waals surface area contributed by atoms with E-state index in [0.29, 0.717) is 12.6 Å². The number of hydrogen-bond donors (Lipinski definition) is 2. The number of benzene rings is 1. The molecule has 1 unspecified atom stereocenters. The summed E-state index contributed by atoms with van der Waals surface area (Å²) < 4.78 is 1.13. The highest BCUT2D eigenvalue weighted by atomic mass is 79.9. The minimum atomic E-state index is 0.192. The molecule has 2 N–H and O–H groups in total. The number of anilines is 1. The Hall–Kier alpha value is -0.580. The molecule has 1 rings (SSSR count). The predicted molar refractivity (Wildman–Crippen MR) is 95.1 cm³/mol. The van der Waals surface area contributed by atoms with E-state index in [1.54, 1.807) is 0 Å². The van der Waals surface area contributed by atoms with Gasteiger partial charge in [0.25, 0.3) is 0 Å². The lowest BCUT2D eigenvalue weighted by Crippen LogP contribution is -2.28. The molecule has 0 heterocycles. The normalized spacial score (nSPS) is 12.4. The van der Waals surface area contributed by atoms with Crippen LogP contribution in [-0.2, 0) is 0 Å². The lowest BCUT2D eigenvalue weighted by Gasteiger charge is -2.25. The van der Waals surface area contributed by atoms with Crippen LogP contribution >= 0.6 is 15.9 Å². The number of halogens is 1. The average molecular weight is 357 g/mol. The Morgan fingerprint density at radius 3 is 2.57 bits per heavy atom. The summed E-state index contributed by atoms with van der Waals surface area (Å²) in [5, 5.41) is 12.8. The molecular formula is C17H29BrN2O. The average Bonchev–Trinajstić information content (AvgIpc) is 2.48. The zero-order valence-electron chi connectivity index (χ0n) is 13.5. The van der Waals surface area contributed by atoms with Crippen molar-refractivity contribution in [2.45, 2.75) is 46.1 Å². The van der Waals surface area contributed by atoms with Gasteiger partial charge in [-0.25, -0.2) is 0 Å². The van der Waals surface area contributed by atoms with Gasteiger partial charge in [0, 0.05) is 29.3 Å². The molecule has 0 amide bonds. The summed E-state index contributed by atoms with van der Waals surface area (Å²) in [5.41, 5.74) is 2.46. The molecule has 0 saturated heterocycles. The van der Waals surface area contributed by atoms with Gasteiger partial charge in [0.15, 0.2) is 0 Å². The Morgan fingerprint density at radius 2 is 2.00 bits per heavy atom. The zero-order valence-corrected chi connectivity index (χ0v) is 15.1. The maximum Gasteiger partial charge on any atom is 0.0606 e. The number of aliphatic hydroxyl groups excluding tert-OH is 1. The second-order valence-corrected chi connectivity index (χ2v) is 6.30. The Kier molecular flexibility index (Phi) is 8.97. The van der Waals surface area contributed by atoms with Gasteiger partial charge >= 0.3 is 0 Å². The van der Waals surface area contributed by atoms with E-state index in [4.69, 9.17) is 0 Å². The van der Waals surface area contributed by atoms with E-state index in [1.165, 1.54) is 17.7 Å².